The van der Waals surface area contributed by atoms with Crippen molar-refractivity contribution in [3.05, 3.63) is 24.8 Å². The Bertz CT molecular complexity index is 250. The first kappa shape index (κ1) is 10.3. The molecule has 64 valence electrons. The molecule has 0 aromatic rings. The highest BCUT2D eigenvalue weighted by Crippen LogP contribution is 1.87. The zero-order valence-corrected chi connectivity index (χ0v) is 6.32. The first-order valence-electron chi connectivity index (χ1n) is 3.17. The second kappa shape index (κ2) is 5.01. The molecule has 0 aliphatic carbocycles. The maximum atomic E-state index is 10.5. The summed E-state index contributed by atoms with van der Waals surface area (Å²) in [5, 5.41) is 8.10. The molecule has 12 heavy (non-hydrogen) atoms. The lowest BCUT2D eigenvalue weighted by molar-refractivity contribution is -0.146. The number of hydrogen-bond donors (Lipinski definition) is 1. The largest absolute Gasteiger partial charge is 0.475 e. The van der Waals surface area contributed by atoms with Crippen LogP contribution in [0, 0.1) is 0 Å². The fourth-order valence-corrected chi connectivity index (χ4v) is 0.437. The molecule has 0 atom stereocenters. The summed E-state index contributed by atoms with van der Waals surface area (Å²) in [6, 6.07) is 0. The summed E-state index contributed by atoms with van der Waals surface area (Å²) < 4.78 is 0. The van der Waals surface area contributed by atoms with E-state index in [9.17, 15) is 14.4 Å². The van der Waals surface area contributed by atoms with E-state index < -0.39 is 11.8 Å². The van der Waals surface area contributed by atoms with Crippen molar-refractivity contribution < 1.29 is 19.5 Å². The Morgan fingerprint density at radius 3 is 2.33 bits per heavy atom. The summed E-state index contributed by atoms with van der Waals surface area (Å²) in [6.07, 6.45) is 3.16. The van der Waals surface area contributed by atoms with E-state index in [2.05, 4.69) is 6.58 Å². The van der Waals surface area contributed by atoms with Gasteiger partial charge in [0.05, 0.1) is 0 Å². The molecule has 0 aromatic heterocycles. The number of rotatable bonds is 5. The van der Waals surface area contributed by atoms with Crippen molar-refractivity contribution in [2.45, 2.75) is 6.42 Å². The van der Waals surface area contributed by atoms with Gasteiger partial charge >= 0.3 is 5.97 Å². The van der Waals surface area contributed by atoms with Crippen LogP contribution in [-0.4, -0.2) is 22.6 Å². The summed E-state index contributed by atoms with van der Waals surface area (Å²) in [5.41, 5.74) is 0. The number of carbonyl (C=O) groups excluding carboxylic acids is 2. The summed E-state index contributed by atoms with van der Waals surface area (Å²) in [6.45, 7) is 3.21. The third-order valence-electron chi connectivity index (χ3n) is 1.03. The number of carboxylic acids is 1. The molecule has 0 rings (SSSR count). The average molecular weight is 168 g/mol. The van der Waals surface area contributed by atoms with Crippen LogP contribution >= 0.6 is 0 Å². The molecule has 0 amide bonds. The lowest BCUT2D eigenvalue weighted by atomic mass is 10.2. The van der Waals surface area contributed by atoms with E-state index in [1.807, 2.05) is 0 Å². The fourth-order valence-electron chi connectivity index (χ4n) is 0.437. The fraction of sp³-hybridized carbons (Fsp3) is 0.125. The second-order valence-corrected chi connectivity index (χ2v) is 1.95. The SMILES string of the molecule is C=CC(=O)CC=CC(=O)C(=O)O. The van der Waals surface area contributed by atoms with E-state index >= 15 is 0 Å². The minimum absolute atomic E-state index is 0.00250. The van der Waals surface area contributed by atoms with Crippen LogP contribution in [0.3, 0.4) is 0 Å². The van der Waals surface area contributed by atoms with Gasteiger partial charge in [-0.1, -0.05) is 12.7 Å². The lowest BCUT2D eigenvalue weighted by Crippen LogP contribution is -2.08. The van der Waals surface area contributed by atoms with Gasteiger partial charge in [-0.3, -0.25) is 9.59 Å². The molecule has 0 aromatic carbocycles. The molecule has 0 saturated carbocycles. The van der Waals surface area contributed by atoms with Gasteiger partial charge in [-0.2, -0.15) is 0 Å². The molecule has 0 spiro atoms. The zero-order chi connectivity index (χ0) is 9.56. The van der Waals surface area contributed by atoms with E-state index in [-0.39, 0.29) is 12.2 Å². The zero-order valence-electron chi connectivity index (χ0n) is 6.32. The van der Waals surface area contributed by atoms with Crippen LogP contribution in [0.5, 0.6) is 0 Å². The summed E-state index contributed by atoms with van der Waals surface area (Å²) in [7, 11) is 0. The number of allylic oxidation sites excluding steroid dienone is 2. The maximum absolute atomic E-state index is 10.5. The third kappa shape index (κ3) is 4.16. The Morgan fingerprint density at radius 2 is 1.92 bits per heavy atom. The molecule has 0 radical (unpaired) electrons. The molecule has 0 heterocycles. The topological polar surface area (TPSA) is 71.4 Å². The van der Waals surface area contributed by atoms with E-state index in [1.54, 1.807) is 0 Å². The number of ketones is 2. The monoisotopic (exact) mass is 168 g/mol. The number of aliphatic carboxylic acids is 1. The number of carbonyl (C=O) groups is 3. The molecule has 0 aliphatic rings. The molecular weight excluding hydrogens is 160 g/mol. The first-order chi connectivity index (χ1) is 5.57. The summed E-state index contributed by atoms with van der Waals surface area (Å²) in [4.78, 5) is 30.9. The molecule has 0 saturated heterocycles. The molecule has 4 nitrogen and oxygen atoms in total. The van der Waals surface area contributed by atoms with Crippen molar-refractivity contribution in [3.63, 3.8) is 0 Å². The number of hydrogen-bond acceptors (Lipinski definition) is 3. The Balaban J connectivity index is 3.92. The van der Waals surface area contributed by atoms with Crippen LogP contribution < -0.4 is 0 Å². The van der Waals surface area contributed by atoms with Gasteiger partial charge in [0.15, 0.2) is 5.78 Å². The minimum Gasteiger partial charge on any atom is -0.475 e. The summed E-state index contributed by atoms with van der Waals surface area (Å²) >= 11 is 0. The predicted octanol–water partition coefficient (Wildman–Crippen LogP) is 0.341. The van der Waals surface area contributed by atoms with Crippen LogP contribution in [-0.2, 0) is 14.4 Å². The van der Waals surface area contributed by atoms with Crippen molar-refractivity contribution in [1.82, 2.24) is 0 Å². The average Bonchev–Trinajstić information content (AvgIpc) is 2.03. The Morgan fingerprint density at radius 1 is 1.33 bits per heavy atom. The molecule has 1 N–H and O–H groups in total. The van der Waals surface area contributed by atoms with Gasteiger partial charge in [0.1, 0.15) is 0 Å². The standard InChI is InChI=1S/C8H8O4/c1-2-6(9)4-3-5-7(10)8(11)12/h2-3,5H,1,4H2,(H,11,12). The molecular formula is C8H8O4. The van der Waals surface area contributed by atoms with Crippen molar-refractivity contribution >= 4 is 17.5 Å². The van der Waals surface area contributed by atoms with E-state index in [0.29, 0.717) is 0 Å². The van der Waals surface area contributed by atoms with Crippen LogP contribution in [0.1, 0.15) is 6.42 Å². The van der Waals surface area contributed by atoms with Crippen molar-refractivity contribution in [2.75, 3.05) is 0 Å². The summed E-state index contributed by atoms with van der Waals surface area (Å²) in [5.74, 6) is -2.83. The molecule has 0 fully saturated rings. The highest BCUT2D eigenvalue weighted by atomic mass is 16.4. The normalized spacial score (nSPS) is 9.67. The molecule has 0 aliphatic heterocycles. The van der Waals surface area contributed by atoms with Gasteiger partial charge in [0.25, 0.3) is 5.78 Å². The van der Waals surface area contributed by atoms with Crippen molar-refractivity contribution in [1.29, 1.82) is 0 Å². The highest BCUT2D eigenvalue weighted by Gasteiger charge is 2.05. The predicted molar refractivity (Wildman–Crippen MR) is 41.6 cm³/mol. The van der Waals surface area contributed by atoms with E-state index in [1.165, 1.54) is 6.08 Å². The van der Waals surface area contributed by atoms with Crippen LogP contribution in [0.15, 0.2) is 24.8 Å². The Hall–Kier alpha value is -1.71. The maximum Gasteiger partial charge on any atom is 0.376 e. The van der Waals surface area contributed by atoms with Gasteiger partial charge in [-0.15, -0.1) is 0 Å². The second-order valence-electron chi connectivity index (χ2n) is 1.95. The van der Waals surface area contributed by atoms with E-state index in [0.717, 1.165) is 12.2 Å². The van der Waals surface area contributed by atoms with Crippen molar-refractivity contribution in [2.24, 2.45) is 0 Å². The Labute approximate surface area is 69.2 Å². The van der Waals surface area contributed by atoms with Gasteiger partial charge in [-0.05, 0) is 12.2 Å². The van der Waals surface area contributed by atoms with Crippen LogP contribution in [0.25, 0.3) is 0 Å². The van der Waals surface area contributed by atoms with Crippen molar-refractivity contribution in [3.8, 4) is 0 Å². The smallest absolute Gasteiger partial charge is 0.376 e. The minimum atomic E-state index is -1.53. The lowest BCUT2D eigenvalue weighted by Gasteiger charge is -1.84. The highest BCUT2D eigenvalue weighted by molar-refractivity contribution is 6.37. The quantitative estimate of drug-likeness (QED) is 0.474. The van der Waals surface area contributed by atoms with Gasteiger partial charge in [0.2, 0.25) is 0 Å². The molecule has 0 bridgehead atoms. The van der Waals surface area contributed by atoms with E-state index in [4.69, 9.17) is 5.11 Å². The van der Waals surface area contributed by atoms with Crippen LogP contribution in [0.4, 0.5) is 0 Å². The van der Waals surface area contributed by atoms with Gasteiger partial charge < -0.3 is 5.11 Å². The van der Waals surface area contributed by atoms with Gasteiger partial charge in [0, 0.05) is 6.42 Å². The van der Waals surface area contributed by atoms with Crippen LogP contribution in [0.2, 0.25) is 0 Å². The molecule has 0 unspecified atom stereocenters. The third-order valence-corrected chi connectivity index (χ3v) is 1.03. The van der Waals surface area contributed by atoms with Gasteiger partial charge in [-0.25, -0.2) is 4.79 Å². The first-order valence-corrected chi connectivity index (χ1v) is 3.17. The Kier molecular flexibility index (Phi) is 4.30. The molecule has 4 heteroatoms. The number of carboxylic acid groups (broad SMARTS) is 1.